The van der Waals surface area contributed by atoms with Gasteiger partial charge < -0.3 is 4.74 Å². The van der Waals surface area contributed by atoms with Crippen LogP contribution in [-0.4, -0.2) is 5.97 Å². The summed E-state index contributed by atoms with van der Waals surface area (Å²) in [4.78, 5) is 12.1. The average molecular weight is 284 g/mol. The molecule has 0 saturated heterocycles. The van der Waals surface area contributed by atoms with E-state index in [0.717, 1.165) is 10.9 Å². The van der Waals surface area contributed by atoms with Gasteiger partial charge in [-0.1, -0.05) is 18.1 Å². The first kappa shape index (κ1) is 15.1. The lowest BCUT2D eigenvalue weighted by atomic mass is 9.97. The summed E-state index contributed by atoms with van der Waals surface area (Å²) in [6.45, 7) is 7.16. The molecule has 0 spiro atoms. The Balaban J connectivity index is 2.70. The number of halogens is 1. The molecule has 2 rings (SSSR count). The van der Waals surface area contributed by atoms with E-state index in [1.807, 2.05) is 13.0 Å². The van der Waals surface area contributed by atoms with Crippen LogP contribution in [0.5, 0.6) is 5.75 Å². The molecule has 0 heterocycles. The zero-order valence-corrected chi connectivity index (χ0v) is 12.6. The lowest BCUT2D eigenvalue weighted by Gasteiger charge is -2.18. The topological polar surface area (TPSA) is 26.3 Å². The molecule has 0 aromatic heterocycles. The molecular formula is C18H17FO2. The molecule has 0 atom stereocenters. The molecule has 3 heteroatoms. The van der Waals surface area contributed by atoms with Crippen LogP contribution in [-0.2, 0) is 4.79 Å². The number of hydrogen-bond donors (Lipinski definition) is 0. The molecule has 21 heavy (non-hydrogen) atoms. The Morgan fingerprint density at radius 1 is 1.29 bits per heavy atom. The monoisotopic (exact) mass is 284 g/mol. The van der Waals surface area contributed by atoms with E-state index in [9.17, 15) is 9.18 Å². The molecule has 0 aliphatic rings. The van der Waals surface area contributed by atoms with Gasteiger partial charge in [0.2, 0.25) is 0 Å². The van der Waals surface area contributed by atoms with Gasteiger partial charge >= 0.3 is 5.97 Å². The third-order valence-electron chi connectivity index (χ3n) is 3.13. The molecule has 0 fully saturated rings. The highest BCUT2D eigenvalue weighted by molar-refractivity contribution is 5.96. The number of carbonyl (C=O) groups excluding carboxylic acids is 1. The van der Waals surface area contributed by atoms with Crippen LogP contribution in [0.1, 0.15) is 31.9 Å². The first-order valence-electron chi connectivity index (χ1n) is 6.66. The fourth-order valence-corrected chi connectivity index (χ4v) is 2.02. The van der Waals surface area contributed by atoms with Gasteiger partial charge in [0.05, 0.1) is 11.0 Å². The number of terminal acetylenes is 1. The van der Waals surface area contributed by atoms with Crippen molar-refractivity contribution in [3.8, 4) is 18.1 Å². The lowest BCUT2D eigenvalue weighted by molar-refractivity contribution is -0.142. The summed E-state index contributed by atoms with van der Waals surface area (Å²) in [5, 5.41) is 1.21. The average Bonchev–Trinajstić information content (AvgIpc) is 2.38. The summed E-state index contributed by atoms with van der Waals surface area (Å²) in [7, 11) is 0. The fourth-order valence-electron chi connectivity index (χ4n) is 2.02. The van der Waals surface area contributed by atoms with Crippen molar-refractivity contribution in [1.82, 2.24) is 0 Å². The molecule has 0 unspecified atom stereocenters. The third kappa shape index (κ3) is 2.90. The van der Waals surface area contributed by atoms with Gasteiger partial charge in [-0.25, -0.2) is 4.39 Å². The minimum Gasteiger partial charge on any atom is -0.425 e. The van der Waals surface area contributed by atoms with E-state index >= 15 is 0 Å². The van der Waals surface area contributed by atoms with Crippen molar-refractivity contribution in [2.45, 2.75) is 27.7 Å². The summed E-state index contributed by atoms with van der Waals surface area (Å²) in [6, 6.07) is 6.54. The van der Waals surface area contributed by atoms with Gasteiger partial charge in [-0.3, -0.25) is 4.79 Å². The Morgan fingerprint density at radius 3 is 2.52 bits per heavy atom. The first-order chi connectivity index (χ1) is 9.74. The van der Waals surface area contributed by atoms with Crippen molar-refractivity contribution in [3.63, 3.8) is 0 Å². The Kier molecular flexibility index (Phi) is 3.74. The van der Waals surface area contributed by atoms with Crippen LogP contribution in [0.25, 0.3) is 10.8 Å². The summed E-state index contributed by atoms with van der Waals surface area (Å²) < 4.78 is 19.4. The Labute approximate surface area is 123 Å². The van der Waals surface area contributed by atoms with Crippen molar-refractivity contribution in [2.24, 2.45) is 5.41 Å². The highest BCUT2D eigenvalue weighted by Crippen LogP contribution is 2.33. The van der Waals surface area contributed by atoms with E-state index in [0.29, 0.717) is 11.1 Å². The van der Waals surface area contributed by atoms with E-state index in [1.165, 1.54) is 6.07 Å². The van der Waals surface area contributed by atoms with Crippen LogP contribution in [0.15, 0.2) is 24.3 Å². The second kappa shape index (κ2) is 5.21. The number of fused-ring (bicyclic) bond motifs is 1. The van der Waals surface area contributed by atoms with E-state index in [-0.39, 0.29) is 11.5 Å². The third-order valence-corrected chi connectivity index (χ3v) is 3.13. The first-order valence-corrected chi connectivity index (χ1v) is 6.66. The molecular weight excluding hydrogens is 267 g/mol. The SMILES string of the molecule is C#Cc1c(F)ccc2cc(C)cc(OC(=O)C(C)(C)C)c12. The van der Waals surface area contributed by atoms with Crippen molar-refractivity contribution < 1.29 is 13.9 Å². The van der Waals surface area contributed by atoms with E-state index in [4.69, 9.17) is 11.2 Å². The van der Waals surface area contributed by atoms with Crippen molar-refractivity contribution in [3.05, 3.63) is 41.2 Å². The van der Waals surface area contributed by atoms with Crippen LogP contribution in [0, 0.1) is 30.5 Å². The molecule has 108 valence electrons. The van der Waals surface area contributed by atoms with Gasteiger partial charge in [0.25, 0.3) is 0 Å². The predicted octanol–water partition coefficient (Wildman–Crippen LogP) is 4.22. The van der Waals surface area contributed by atoms with E-state index in [2.05, 4.69) is 5.92 Å². The van der Waals surface area contributed by atoms with Crippen molar-refractivity contribution in [1.29, 1.82) is 0 Å². The second-order valence-corrected chi connectivity index (χ2v) is 6.07. The van der Waals surface area contributed by atoms with E-state index < -0.39 is 11.2 Å². The van der Waals surface area contributed by atoms with Crippen LogP contribution in [0.2, 0.25) is 0 Å². The van der Waals surface area contributed by atoms with E-state index in [1.54, 1.807) is 32.9 Å². The van der Waals surface area contributed by atoms with Crippen LogP contribution >= 0.6 is 0 Å². The minimum absolute atomic E-state index is 0.115. The van der Waals surface area contributed by atoms with Crippen molar-refractivity contribution >= 4 is 16.7 Å². The van der Waals surface area contributed by atoms with Gasteiger partial charge in [-0.05, 0) is 50.8 Å². The molecule has 0 aliphatic heterocycles. The molecule has 0 N–H and O–H groups in total. The summed E-state index contributed by atoms with van der Waals surface area (Å²) in [5.41, 5.74) is 0.373. The fraction of sp³-hybridized carbons (Fsp3) is 0.278. The van der Waals surface area contributed by atoms with Gasteiger partial charge in [0, 0.05) is 5.39 Å². The van der Waals surface area contributed by atoms with Gasteiger partial charge in [0.15, 0.2) is 0 Å². The van der Waals surface area contributed by atoms with Gasteiger partial charge in [-0.2, -0.15) is 0 Å². The zero-order valence-electron chi connectivity index (χ0n) is 12.6. The number of hydrogen-bond acceptors (Lipinski definition) is 2. The summed E-state index contributed by atoms with van der Waals surface area (Å²) in [6.07, 6.45) is 5.41. The number of benzene rings is 2. The van der Waals surface area contributed by atoms with Gasteiger partial charge in [0.1, 0.15) is 11.6 Å². The number of carbonyl (C=O) groups is 1. The van der Waals surface area contributed by atoms with Crippen LogP contribution < -0.4 is 4.74 Å². The maximum absolute atomic E-state index is 13.9. The second-order valence-electron chi connectivity index (χ2n) is 6.07. The van der Waals surface area contributed by atoms with Gasteiger partial charge in [-0.15, -0.1) is 6.42 Å². The molecule has 0 aliphatic carbocycles. The number of rotatable bonds is 1. The minimum atomic E-state index is -0.653. The molecule has 0 bridgehead atoms. The number of esters is 1. The Bertz CT molecular complexity index is 761. The molecule has 0 saturated carbocycles. The Morgan fingerprint density at radius 2 is 1.95 bits per heavy atom. The quantitative estimate of drug-likeness (QED) is 0.445. The molecule has 0 radical (unpaired) electrons. The number of ether oxygens (including phenoxy) is 1. The highest BCUT2D eigenvalue weighted by atomic mass is 19.1. The normalized spacial score (nSPS) is 11.2. The molecule has 2 aromatic carbocycles. The summed E-state index contributed by atoms with van der Waals surface area (Å²) >= 11 is 0. The van der Waals surface area contributed by atoms with Crippen LogP contribution in [0.3, 0.4) is 0 Å². The predicted molar refractivity (Wildman–Crippen MR) is 81.7 cm³/mol. The molecule has 2 aromatic rings. The largest absolute Gasteiger partial charge is 0.425 e. The number of aryl methyl sites for hydroxylation is 1. The Hall–Kier alpha value is -2.34. The molecule has 0 amide bonds. The lowest BCUT2D eigenvalue weighted by Crippen LogP contribution is -2.25. The van der Waals surface area contributed by atoms with Crippen molar-refractivity contribution in [2.75, 3.05) is 0 Å². The summed E-state index contributed by atoms with van der Waals surface area (Å²) in [5.74, 6) is 1.76. The highest BCUT2D eigenvalue weighted by Gasteiger charge is 2.25. The smallest absolute Gasteiger partial charge is 0.316 e. The zero-order chi connectivity index (χ0) is 15.8. The standard InChI is InChI=1S/C18H17FO2/c1-6-13-14(19)8-7-12-9-11(2)10-15(16(12)13)21-17(20)18(3,4)5/h1,7-10H,2-5H3. The maximum atomic E-state index is 13.9. The van der Waals surface area contributed by atoms with Crippen LogP contribution in [0.4, 0.5) is 4.39 Å². The maximum Gasteiger partial charge on any atom is 0.316 e. The molecule has 2 nitrogen and oxygen atoms in total.